The predicted octanol–water partition coefficient (Wildman–Crippen LogP) is 3.18. The number of imidazole rings is 1. The van der Waals surface area contributed by atoms with E-state index in [0.717, 1.165) is 18.4 Å². The molecule has 2 heterocycles. The highest BCUT2D eigenvalue weighted by atomic mass is 35.5. The first-order valence-corrected chi connectivity index (χ1v) is 9.79. The van der Waals surface area contributed by atoms with Gasteiger partial charge in [-0.3, -0.25) is 4.79 Å². The Morgan fingerprint density at radius 3 is 2.54 bits per heavy atom. The Labute approximate surface area is 167 Å². The van der Waals surface area contributed by atoms with E-state index >= 15 is 0 Å². The zero-order valence-electron chi connectivity index (χ0n) is 15.3. The van der Waals surface area contributed by atoms with Crippen molar-refractivity contribution in [2.45, 2.75) is 44.4 Å². The molecule has 3 N–H and O–H groups in total. The molecular formula is C21H22ClN3O3. The van der Waals surface area contributed by atoms with Gasteiger partial charge >= 0.3 is 0 Å². The van der Waals surface area contributed by atoms with E-state index in [4.69, 9.17) is 11.6 Å². The maximum absolute atomic E-state index is 12.7. The Bertz CT molecular complexity index is 992. The Kier molecular flexibility index (Phi) is 5.35. The van der Waals surface area contributed by atoms with Crippen molar-refractivity contribution in [3.05, 3.63) is 58.9 Å². The van der Waals surface area contributed by atoms with E-state index in [0.29, 0.717) is 40.5 Å². The minimum Gasteiger partial charge on any atom is -0.393 e. The van der Waals surface area contributed by atoms with Gasteiger partial charge in [-0.25, -0.2) is 4.98 Å². The number of carbonyl (C=O) groups is 1. The fourth-order valence-electron chi connectivity index (χ4n) is 3.71. The molecule has 146 valence electrons. The molecule has 1 fully saturated rings. The lowest BCUT2D eigenvalue weighted by Gasteiger charge is -2.26. The van der Waals surface area contributed by atoms with Gasteiger partial charge in [-0.1, -0.05) is 23.7 Å². The maximum Gasteiger partial charge on any atom is 0.252 e. The summed E-state index contributed by atoms with van der Waals surface area (Å²) in [7, 11) is 0. The van der Waals surface area contributed by atoms with Gasteiger partial charge in [0.25, 0.3) is 5.91 Å². The maximum atomic E-state index is 12.7. The fraction of sp³-hybridized carbons (Fsp3) is 0.333. The molecule has 0 radical (unpaired) electrons. The van der Waals surface area contributed by atoms with Crippen LogP contribution in [0.4, 0.5) is 0 Å². The molecule has 1 aromatic carbocycles. The molecule has 4 rings (SSSR count). The van der Waals surface area contributed by atoms with Crippen molar-refractivity contribution in [3.63, 3.8) is 0 Å². The molecule has 28 heavy (non-hydrogen) atoms. The zero-order chi connectivity index (χ0) is 19.7. The lowest BCUT2D eigenvalue weighted by molar-refractivity contribution is 0.0867. The van der Waals surface area contributed by atoms with Crippen LogP contribution in [0.15, 0.2) is 42.6 Å². The summed E-state index contributed by atoms with van der Waals surface area (Å²) in [6, 6.07) is 10.9. The van der Waals surface area contributed by atoms with E-state index in [1.54, 1.807) is 34.9 Å². The number of hydrogen-bond donors (Lipinski definition) is 3. The quantitative estimate of drug-likeness (QED) is 0.628. The average Bonchev–Trinajstić information content (AvgIpc) is 3.08. The molecule has 0 aliphatic heterocycles. The smallest absolute Gasteiger partial charge is 0.252 e. The number of nitrogens with zero attached hydrogens (tertiary/aromatic N) is 2. The normalized spacial score (nSPS) is 19.7. The van der Waals surface area contributed by atoms with E-state index in [1.807, 2.05) is 12.1 Å². The van der Waals surface area contributed by atoms with Crippen molar-refractivity contribution in [1.29, 1.82) is 0 Å². The third kappa shape index (κ3) is 3.76. The number of aromatic nitrogens is 2. The lowest BCUT2D eigenvalue weighted by Crippen LogP contribution is -2.38. The van der Waals surface area contributed by atoms with Crippen LogP contribution in [-0.4, -0.2) is 37.7 Å². The van der Waals surface area contributed by atoms with Gasteiger partial charge in [0.15, 0.2) is 0 Å². The van der Waals surface area contributed by atoms with Crippen LogP contribution in [0.25, 0.3) is 16.9 Å². The van der Waals surface area contributed by atoms with Crippen LogP contribution in [0, 0.1) is 0 Å². The summed E-state index contributed by atoms with van der Waals surface area (Å²) < 4.78 is 1.75. The molecule has 0 unspecified atom stereocenters. The lowest BCUT2D eigenvalue weighted by atomic mass is 9.93. The number of aliphatic hydroxyl groups excluding tert-OH is 2. The van der Waals surface area contributed by atoms with Crippen molar-refractivity contribution in [1.82, 2.24) is 14.7 Å². The molecule has 3 aromatic rings. The molecule has 2 aromatic heterocycles. The molecular weight excluding hydrogens is 378 g/mol. The standard InChI is InChI=1S/C21H22ClN3O3/c22-15-4-1-13(2-5-15)20-18(12-26)25-11-14(3-10-19(25)24-20)21(28)23-16-6-8-17(27)9-7-16/h1-5,10-11,16-17,26-27H,6-9,12H2,(H,23,28). The van der Waals surface area contributed by atoms with Crippen molar-refractivity contribution in [3.8, 4) is 11.3 Å². The van der Waals surface area contributed by atoms with Crippen LogP contribution < -0.4 is 5.32 Å². The molecule has 0 bridgehead atoms. The highest BCUT2D eigenvalue weighted by molar-refractivity contribution is 6.30. The molecule has 0 atom stereocenters. The van der Waals surface area contributed by atoms with Gasteiger partial charge in [0, 0.05) is 22.8 Å². The van der Waals surface area contributed by atoms with Gasteiger partial charge in [0.05, 0.1) is 29.7 Å². The van der Waals surface area contributed by atoms with Crippen LogP contribution >= 0.6 is 11.6 Å². The molecule has 6 nitrogen and oxygen atoms in total. The number of amides is 1. The molecule has 1 amide bonds. The van der Waals surface area contributed by atoms with Crippen LogP contribution in [0.2, 0.25) is 5.02 Å². The van der Waals surface area contributed by atoms with Crippen LogP contribution in [0.5, 0.6) is 0 Å². The summed E-state index contributed by atoms with van der Waals surface area (Å²) in [5, 5.41) is 23.2. The topological polar surface area (TPSA) is 86.9 Å². The van der Waals surface area contributed by atoms with Crippen LogP contribution in [0.1, 0.15) is 41.7 Å². The fourth-order valence-corrected chi connectivity index (χ4v) is 3.83. The highest BCUT2D eigenvalue weighted by Crippen LogP contribution is 2.26. The summed E-state index contributed by atoms with van der Waals surface area (Å²) in [5.41, 5.74) is 3.30. The van der Waals surface area contributed by atoms with Gasteiger partial charge in [0.1, 0.15) is 5.65 Å². The third-order valence-corrected chi connectivity index (χ3v) is 5.53. The molecule has 0 spiro atoms. The Morgan fingerprint density at radius 2 is 1.86 bits per heavy atom. The average molecular weight is 400 g/mol. The Balaban J connectivity index is 1.63. The zero-order valence-corrected chi connectivity index (χ0v) is 16.1. The summed E-state index contributed by atoms with van der Waals surface area (Å²) in [5.74, 6) is -0.158. The van der Waals surface area contributed by atoms with Gasteiger partial charge in [-0.15, -0.1) is 0 Å². The molecule has 1 aliphatic carbocycles. The van der Waals surface area contributed by atoms with Crippen molar-refractivity contribution in [2.75, 3.05) is 0 Å². The second-order valence-corrected chi connectivity index (χ2v) is 7.63. The number of rotatable bonds is 4. The van der Waals surface area contributed by atoms with E-state index in [9.17, 15) is 15.0 Å². The summed E-state index contributed by atoms with van der Waals surface area (Å²) in [6.45, 7) is -0.204. The molecule has 1 saturated carbocycles. The van der Waals surface area contributed by atoms with Gasteiger partial charge < -0.3 is 19.9 Å². The molecule has 7 heteroatoms. The first-order valence-electron chi connectivity index (χ1n) is 9.42. The molecule has 1 aliphatic rings. The van der Waals surface area contributed by atoms with E-state index in [2.05, 4.69) is 10.3 Å². The van der Waals surface area contributed by atoms with Crippen LogP contribution in [-0.2, 0) is 6.61 Å². The second-order valence-electron chi connectivity index (χ2n) is 7.20. The van der Waals surface area contributed by atoms with Crippen LogP contribution in [0.3, 0.4) is 0 Å². The van der Waals surface area contributed by atoms with E-state index in [-0.39, 0.29) is 24.7 Å². The summed E-state index contributed by atoms with van der Waals surface area (Å²) in [6.07, 6.45) is 4.44. The number of benzene rings is 1. The highest BCUT2D eigenvalue weighted by Gasteiger charge is 2.22. The van der Waals surface area contributed by atoms with Crippen molar-refractivity contribution in [2.24, 2.45) is 0 Å². The number of halogens is 1. The summed E-state index contributed by atoms with van der Waals surface area (Å²) >= 11 is 5.96. The minimum atomic E-state index is -0.256. The number of nitrogens with one attached hydrogen (secondary N) is 1. The molecule has 0 saturated heterocycles. The van der Waals surface area contributed by atoms with Gasteiger partial charge in [0.2, 0.25) is 0 Å². The van der Waals surface area contributed by atoms with Gasteiger partial charge in [-0.2, -0.15) is 0 Å². The van der Waals surface area contributed by atoms with E-state index in [1.165, 1.54) is 0 Å². The largest absolute Gasteiger partial charge is 0.393 e. The Hall–Kier alpha value is -2.41. The number of hydrogen-bond acceptors (Lipinski definition) is 4. The predicted molar refractivity (Wildman–Crippen MR) is 107 cm³/mol. The summed E-state index contributed by atoms with van der Waals surface area (Å²) in [4.78, 5) is 17.3. The number of pyridine rings is 1. The van der Waals surface area contributed by atoms with E-state index < -0.39 is 0 Å². The van der Waals surface area contributed by atoms with Crippen molar-refractivity contribution >= 4 is 23.2 Å². The van der Waals surface area contributed by atoms with Gasteiger partial charge in [-0.05, 0) is 49.9 Å². The Morgan fingerprint density at radius 1 is 1.14 bits per heavy atom. The first kappa shape index (κ1) is 18.9. The minimum absolute atomic E-state index is 0.0799. The SMILES string of the molecule is O=C(NC1CCC(O)CC1)c1ccc2nc(-c3ccc(Cl)cc3)c(CO)n2c1. The number of aliphatic hydroxyl groups is 2. The second kappa shape index (κ2) is 7.91. The first-order chi connectivity index (χ1) is 13.5. The van der Waals surface area contributed by atoms with Crippen molar-refractivity contribution < 1.29 is 15.0 Å². The number of fused-ring (bicyclic) bond motifs is 1. The third-order valence-electron chi connectivity index (χ3n) is 5.28. The monoisotopic (exact) mass is 399 g/mol. The number of carbonyl (C=O) groups excluding carboxylic acids is 1.